The Morgan fingerprint density at radius 3 is 2.73 bits per heavy atom. The minimum Gasteiger partial charge on any atom is -0.454 e. The first-order valence-electron chi connectivity index (χ1n) is 7.08. The molecule has 0 saturated carbocycles. The Balaban J connectivity index is 1.62. The van der Waals surface area contributed by atoms with E-state index in [2.05, 4.69) is 17.5 Å². The number of hydrazone groups is 1. The zero-order valence-electron chi connectivity index (χ0n) is 12.2. The molecule has 1 aliphatic heterocycles. The minimum absolute atomic E-state index is 0.187. The van der Waals surface area contributed by atoms with Gasteiger partial charge in [-0.3, -0.25) is 4.79 Å². The molecule has 0 aromatic heterocycles. The van der Waals surface area contributed by atoms with Crippen molar-refractivity contribution in [3.8, 4) is 11.5 Å². The number of amides is 1. The molecule has 2 aromatic carbocycles. The summed E-state index contributed by atoms with van der Waals surface area (Å²) >= 11 is 0. The average Bonchev–Trinajstić information content (AvgIpc) is 3.03. The fourth-order valence-corrected chi connectivity index (χ4v) is 2.11. The molecule has 2 aromatic rings. The standard InChI is InChI=1S/C17H16N2O3/c1-2-12-3-5-13(6-4-12)10-18-19-17(20)14-7-8-15-16(9-14)22-11-21-15/h3-10H,2,11H2,1H3,(H,19,20)/b18-10-. The largest absolute Gasteiger partial charge is 0.454 e. The molecule has 22 heavy (non-hydrogen) atoms. The molecule has 0 fully saturated rings. The van der Waals surface area contributed by atoms with Crippen LogP contribution < -0.4 is 14.9 Å². The first-order valence-corrected chi connectivity index (χ1v) is 7.08. The summed E-state index contributed by atoms with van der Waals surface area (Å²) in [5.74, 6) is 0.933. The quantitative estimate of drug-likeness (QED) is 0.697. The molecule has 0 bridgehead atoms. The summed E-state index contributed by atoms with van der Waals surface area (Å²) < 4.78 is 10.5. The third-order valence-corrected chi connectivity index (χ3v) is 3.40. The van der Waals surface area contributed by atoms with E-state index < -0.39 is 0 Å². The lowest BCUT2D eigenvalue weighted by molar-refractivity contribution is 0.0954. The summed E-state index contributed by atoms with van der Waals surface area (Å²) in [5.41, 5.74) is 5.17. The molecule has 0 aliphatic carbocycles. The SMILES string of the molecule is CCc1ccc(/C=N\NC(=O)c2ccc3c(c2)OCO3)cc1. The number of rotatable bonds is 4. The number of aryl methyl sites for hydroxylation is 1. The Morgan fingerprint density at radius 2 is 1.95 bits per heavy atom. The Morgan fingerprint density at radius 1 is 1.18 bits per heavy atom. The first-order chi connectivity index (χ1) is 10.8. The summed E-state index contributed by atoms with van der Waals surface area (Å²) in [6.45, 7) is 2.29. The van der Waals surface area contributed by atoms with Gasteiger partial charge in [0.2, 0.25) is 6.79 Å². The van der Waals surface area contributed by atoms with E-state index in [-0.39, 0.29) is 12.7 Å². The van der Waals surface area contributed by atoms with E-state index in [9.17, 15) is 4.79 Å². The predicted molar refractivity (Wildman–Crippen MR) is 83.4 cm³/mol. The zero-order chi connectivity index (χ0) is 15.4. The first kappa shape index (κ1) is 14.1. The lowest BCUT2D eigenvalue weighted by Crippen LogP contribution is -2.17. The number of nitrogens with one attached hydrogen (secondary N) is 1. The molecule has 0 atom stereocenters. The van der Waals surface area contributed by atoms with E-state index in [1.807, 2.05) is 24.3 Å². The van der Waals surface area contributed by atoms with Crippen LogP contribution in [0.15, 0.2) is 47.6 Å². The van der Waals surface area contributed by atoms with Crippen molar-refractivity contribution in [1.82, 2.24) is 5.43 Å². The highest BCUT2D eigenvalue weighted by molar-refractivity contribution is 5.95. The van der Waals surface area contributed by atoms with Crippen LogP contribution in [0, 0.1) is 0 Å². The highest BCUT2D eigenvalue weighted by atomic mass is 16.7. The third kappa shape index (κ3) is 3.09. The number of hydrogen-bond donors (Lipinski definition) is 1. The topological polar surface area (TPSA) is 59.9 Å². The van der Waals surface area contributed by atoms with Crippen molar-refractivity contribution >= 4 is 12.1 Å². The molecule has 5 heteroatoms. The van der Waals surface area contributed by atoms with Gasteiger partial charge in [0.05, 0.1) is 6.21 Å². The second-order valence-corrected chi connectivity index (χ2v) is 4.86. The van der Waals surface area contributed by atoms with Crippen molar-refractivity contribution in [2.45, 2.75) is 13.3 Å². The van der Waals surface area contributed by atoms with Gasteiger partial charge in [-0.15, -0.1) is 0 Å². The second kappa shape index (κ2) is 6.30. The molecule has 1 amide bonds. The lowest BCUT2D eigenvalue weighted by atomic mass is 10.1. The molecule has 0 spiro atoms. The summed E-state index contributed by atoms with van der Waals surface area (Å²) in [7, 11) is 0. The van der Waals surface area contributed by atoms with Gasteiger partial charge in [0.15, 0.2) is 11.5 Å². The van der Waals surface area contributed by atoms with Gasteiger partial charge in [0, 0.05) is 5.56 Å². The molecule has 0 unspecified atom stereocenters. The number of nitrogens with zero attached hydrogens (tertiary/aromatic N) is 1. The highest BCUT2D eigenvalue weighted by Gasteiger charge is 2.15. The van der Waals surface area contributed by atoms with Gasteiger partial charge in [-0.1, -0.05) is 31.2 Å². The number of hydrogen-bond acceptors (Lipinski definition) is 4. The molecule has 1 aliphatic rings. The minimum atomic E-state index is -0.292. The number of ether oxygens (including phenoxy) is 2. The summed E-state index contributed by atoms with van der Waals surface area (Å²) in [6.07, 6.45) is 2.61. The van der Waals surface area contributed by atoms with Crippen LogP contribution in [-0.4, -0.2) is 18.9 Å². The van der Waals surface area contributed by atoms with Crippen LogP contribution in [0.3, 0.4) is 0 Å². The maximum Gasteiger partial charge on any atom is 0.271 e. The van der Waals surface area contributed by atoms with Crippen molar-refractivity contribution in [1.29, 1.82) is 0 Å². The van der Waals surface area contributed by atoms with Crippen molar-refractivity contribution in [3.05, 3.63) is 59.2 Å². The monoisotopic (exact) mass is 296 g/mol. The van der Waals surface area contributed by atoms with Crippen molar-refractivity contribution in [3.63, 3.8) is 0 Å². The fourth-order valence-electron chi connectivity index (χ4n) is 2.11. The van der Waals surface area contributed by atoms with E-state index in [4.69, 9.17) is 9.47 Å². The summed E-state index contributed by atoms with van der Waals surface area (Å²) in [5, 5.41) is 3.97. The molecular weight excluding hydrogens is 280 g/mol. The Hall–Kier alpha value is -2.82. The number of carbonyl (C=O) groups excluding carboxylic acids is 1. The maximum absolute atomic E-state index is 12.0. The second-order valence-electron chi connectivity index (χ2n) is 4.86. The van der Waals surface area contributed by atoms with Crippen molar-refractivity contribution in [2.75, 3.05) is 6.79 Å². The Bertz CT molecular complexity index is 708. The van der Waals surface area contributed by atoms with Crippen LogP contribution in [0.5, 0.6) is 11.5 Å². The van der Waals surface area contributed by atoms with E-state index in [1.54, 1.807) is 24.4 Å². The maximum atomic E-state index is 12.0. The highest BCUT2D eigenvalue weighted by Crippen LogP contribution is 2.32. The lowest BCUT2D eigenvalue weighted by Gasteiger charge is -2.02. The summed E-state index contributed by atoms with van der Waals surface area (Å²) in [4.78, 5) is 12.0. The van der Waals surface area contributed by atoms with Gasteiger partial charge in [-0.2, -0.15) is 5.10 Å². The zero-order valence-corrected chi connectivity index (χ0v) is 12.2. The van der Waals surface area contributed by atoms with Crippen molar-refractivity contribution in [2.24, 2.45) is 5.10 Å². The van der Waals surface area contributed by atoms with Crippen LogP contribution >= 0.6 is 0 Å². The van der Waals surface area contributed by atoms with E-state index in [0.717, 1.165) is 12.0 Å². The Kier molecular flexibility index (Phi) is 4.05. The number of fused-ring (bicyclic) bond motifs is 1. The van der Waals surface area contributed by atoms with E-state index >= 15 is 0 Å². The smallest absolute Gasteiger partial charge is 0.271 e. The van der Waals surface area contributed by atoms with Gasteiger partial charge in [0.25, 0.3) is 5.91 Å². The van der Waals surface area contributed by atoms with Gasteiger partial charge in [0.1, 0.15) is 0 Å². The molecule has 0 saturated heterocycles. The summed E-state index contributed by atoms with van der Waals surface area (Å²) in [6, 6.07) is 13.0. The molecular formula is C17H16N2O3. The van der Waals surface area contributed by atoms with E-state index in [0.29, 0.717) is 17.1 Å². The molecule has 0 radical (unpaired) electrons. The van der Waals surface area contributed by atoms with Gasteiger partial charge < -0.3 is 9.47 Å². The molecule has 1 heterocycles. The van der Waals surface area contributed by atoms with Crippen LogP contribution in [0.4, 0.5) is 0 Å². The van der Waals surface area contributed by atoms with Crippen LogP contribution in [-0.2, 0) is 6.42 Å². The number of carbonyl (C=O) groups is 1. The third-order valence-electron chi connectivity index (χ3n) is 3.40. The normalized spacial score (nSPS) is 12.6. The average molecular weight is 296 g/mol. The molecule has 1 N–H and O–H groups in total. The van der Waals surface area contributed by atoms with Gasteiger partial charge in [-0.25, -0.2) is 5.43 Å². The van der Waals surface area contributed by atoms with Crippen LogP contribution in [0.25, 0.3) is 0 Å². The predicted octanol–water partition coefficient (Wildman–Crippen LogP) is 2.74. The van der Waals surface area contributed by atoms with Crippen LogP contribution in [0.2, 0.25) is 0 Å². The van der Waals surface area contributed by atoms with Gasteiger partial charge >= 0.3 is 0 Å². The Labute approximate surface area is 128 Å². The molecule has 112 valence electrons. The van der Waals surface area contributed by atoms with Gasteiger partial charge in [-0.05, 0) is 35.7 Å². The number of benzene rings is 2. The van der Waals surface area contributed by atoms with E-state index in [1.165, 1.54) is 5.56 Å². The molecule has 5 nitrogen and oxygen atoms in total. The molecule has 3 rings (SSSR count). The van der Waals surface area contributed by atoms with Crippen LogP contribution in [0.1, 0.15) is 28.4 Å². The van der Waals surface area contributed by atoms with Crippen molar-refractivity contribution < 1.29 is 14.3 Å². The fraction of sp³-hybridized carbons (Fsp3) is 0.176.